The number of halogens is 2. The van der Waals surface area contributed by atoms with Gasteiger partial charge in [0.1, 0.15) is 0 Å². The van der Waals surface area contributed by atoms with Gasteiger partial charge < -0.3 is 9.80 Å². The molecule has 8 heteroatoms. The molecule has 0 bridgehead atoms. The number of hydrogen-bond donors (Lipinski definition) is 0. The van der Waals surface area contributed by atoms with Crippen molar-refractivity contribution in [3.05, 3.63) is 64.0 Å². The van der Waals surface area contributed by atoms with Gasteiger partial charge in [0.05, 0.1) is 10.6 Å². The molecule has 2 heterocycles. The normalized spacial score (nSPS) is 19.0. The van der Waals surface area contributed by atoms with E-state index >= 15 is 0 Å². The quantitative estimate of drug-likeness (QED) is 0.632. The zero-order chi connectivity index (χ0) is 19.7. The molecule has 29 heavy (non-hydrogen) atoms. The van der Waals surface area contributed by atoms with E-state index in [9.17, 15) is 9.59 Å². The lowest BCUT2D eigenvalue weighted by Gasteiger charge is -2.34. The van der Waals surface area contributed by atoms with Gasteiger partial charge in [-0.25, -0.2) is 4.90 Å². The summed E-state index contributed by atoms with van der Waals surface area (Å²) in [6, 6.07) is 14.7. The third-order valence-corrected chi connectivity index (χ3v) is 6.07. The van der Waals surface area contributed by atoms with E-state index in [0.29, 0.717) is 15.6 Å². The molecule has 2 saturated heterocycles. The molecule has 2 aromatic carbocycles. The Hall–Kier alpha value is -1.99. The molecule has 2 amide bonds. The van der Waals surface area contributed by atoms with E-state index in [1.165, 1.54) is 4.90 Å². The fourth-order valence-corrected chi connectivity index (χ4v) is 4.32. The number of likely N-dealkylation sites (N-methyl/N-ethyl adjacent to an activating group) is 1. The first-order valence-corrected chi connectivity index (χ1v) is 10.3. The molecule has 0 N–H and O–H groups in total. The number of rotatable bonds is 3. The lowest BCUT2D eigenvalue weighted by molar-refractivity contribution is -0.113. The van der Waals surface area contributed by atoms with Crippen molar-refractivity contribution < 1.29 is 9.59 Å². The van der Waals surface area contributed by atoms with Crippen LogP contribution < -0.4 is 9.80 Å². The third kappa shape index (κ3) is 4.61. The van der Waals surface area contributed by atoms with Gasteiger partial charge in [0.25, 0.3) is 11.1 Å². The predicted octanol–water partition coefficient (Wildman–Crippen LogP) is 4.75. The first-order valence-electron chi connectivity index (χ1n) is 9.09. The third-order valence-electron chi connectivity index (χ3n) is 4.95. The van der Waals surface area contributed by atoms with E-state index in [-0.39, 0.29) is 23.6 Å². The molecule has 152 valence electrons. The number of para-hydroxylation sites is 1. The number of anilines is 2. The molecule has 4 rings (SSSR count). The zero-order valence-electron chi connectivity index (χ0n) is 15.9. The Kier molecular flexibility index (Phi) is 6.90. The van der Waals surface area contributed by atoms with Crippen molar-refractivity contribution in [2.24, 2.45) is 0 Å². The van der Waals surface area contributed by atoms with Crippen LogP contribution in [-0.4, -0.2) is 49.3 Å². The summed E-state index contributed by atoms with van der Waals surface area (Å²) in [6.45, 7) is 3.88. The van der Waals surface area contributed by atoms with Gasteiger partial charge in [-0.2, -0.15) is 0 Å². The van der Waals surface area contributed by atoms with Gasteiger partial charge in [0.2, 0.25) is 0 Å². The van der Waals surface area contributed by atoms with Gasteiger partial charge in [-0.3, -0.25) is 9.59 Å². The summed E-state index contributed by atoms with van der Waals surface area (Å²) in [7, 11) is 2.12. The second kappa shape index (κ2) is 9.22. The van der Waals surface area contributed by atoms with Crippen LogP contribution in [0.3, 0.4) is 0 Å². The van der Waals surface area contributed by atoms with Crippen molar-refractivity contribution in [3.8, 4) is 0 Å². The van der Waals surface area contributed by atoms with Gasteiger partial charge in [-0.1, -0.05) is 29.8 Å². The predicted molar refractivity (Wildman–Crippen MR) is 123 cm³/mol. The molecule has 0 atom stereocenters. The summed E-state index contributed by atoms with van der Waals surface area (Å²) in [6.07, 6.45) is 1.83. The number of imide groups is 1. The highest BCUT2D eigenvalue weighted by Crippen LogP contribution is 2.37. The largest absolute Gasteiger partial charge is 0.368 e. The Labute approximate surface area is 185 Å². The molecule has 0 spiro atoms. The fourth-order valence-electron chi connectivity index (χ4n) is 3.37. The van der Waals surface area contributed by atoms with Crippen molar-refractivity contribution >= 4 is 64.4 Å². The lowest BCUT2D eigenvalue weighted by atomic mass is 10.1. The second-order valence-electron chi connectivity index (χ2n) is 6.84. The number of thioether (sulfide) groups is 1. The van der Waals surface area contributed by atoms with Crippen LogP contribution in [0.4, 0.5) is 16.2 Å². The molecule has 2 aliphatic heterocycles. The molecule has 2 aromatic rings. The van der Waals surface area contributed by atoms with E-state index in [4.69, 9.17) is 11.6 Å². The Morgan fingerprint density at radius 2 is 1.62 bits per heavy atom. The average molecular weight is 450 g/mol. The van der Waals surface area contributed by atoms with Gasteiger partial charge in [-0.05, 0) is 60.8 Å². The first kappa shape index (κ1) is 21.7. The van der Waals surface area contributed by atoms with Gasteiger partial charge in [0, 0.05) is 36.9 Å². The molecule has 0 aliphatic carbocycles. The fraction of sp³-hybridized carbons (Fsp3) is 0.238. The molecule has 0 unspecified atom stereocenters. The molecule has 0 aromatic heterocycles. The monoisotopic (exact) mass is 449 g/mol. The molecule has 2 fully saturated rings. The summed E-state index contributed by atoms with van der Waals surface area (Å²) in [5.74, 6) is -0.300. The summed E-state index contributed by atoms with van der Waals surface area (Å²) in [4.78, 5) is 31.6. The van der Waals surface area contributed by atoms with Crippen molar-refractivity contribution in [2.75, 3.05) is 43.0 Å². The molecule has 5 nitrogen and oxygen atoms in total. The lowest BCUT2D eigenvalue weighted by Crippen LogP contribution is -2.44. The standard InChI is InChI=1S/C21H20ClN3O2S.ClH/c1-23-10-12-24(13-11-23)18-5-3-2-4-15(18)14-19-20(26)25(21(27)28-19)17-8-6-16(22)7-9-17;/h2-9,14H,10-13H2,1H3;1H. The van der Waals surface area contributed by atoms with Gasteiger partial charge in [0.15, 0.2) is 0 Å². The van der Waals surface area contributed by atoms with Crippen molar-refractivity contribution in [1.82, 2.24) is 4.90 Å². The Morgan fingerprint density at radius 3 is 2.31 bits per heavy atom. The number of carbonyl (C=O) groups is 2. The van der Waals surface area contributed by atoms with E-state index < -0.39 is 0 Å². The number of carbonyl (C=O) groups excluding carboxylic acids is 2. The van der Waals surface area contributed by atoms with Crippen LogP contribution in [0.25, 0.3) is 6.08 Å². The molecular formula is C21H21Cl2N3O2S. The maximum Gasteiger partial charge on any atom is 0.298 e. The van der Waals surface area contributed by atoms with Crippen LogP contribution >= 0.6 is 35.8 Å². The summed E-state index contributed by atoms with van der Waals surface area (Å²) >= 11 is 6.88. The van der Waals surface area contributed by atoms with Crippen LogP contribution in [0.1, 0.15) is 5.56 Å². The number of hydrogen-bond acceptors (Lipinski definition) is 5. The van der Waals surface area contributed by atoms with E-state index in [0.717, 1.165) is 49.2 Å². The van der Waals surface area contributed by atoms with Crippen LogP contribution in [-0.2, 0) is 4.79 Å². The van der Waals surface area contributed by atoms with Crippen LogP contribution in [0, 0.1) is 0 Å². The highest BCUT2D eigenvalue weighted by Gasteiger charge is 2.36. The zero-order valence-corrected chi connectivity index (χ0v) is 18.3. The number of nitrogens with zero attached hydrogens (tertiary/aromatic N) is 3. The van der Waals surface area contributed by atoms with Crippen LogP contribution in [0.15, 0.2) is 53.4 Å². The molecule has 2 aliphatic rings. The van der Waals surface area contributed by atoms with E-state index in [2.05, 4.69) is 22.9 Å². The Bertz CT molecular complexity index is 941. The topological polar surface area (TPSA) is 43.9 Å². The number of benzene rings is 2. The highest BCUT2D eigenvalue weighted by molar-refractivity contribution is 8.19. The minimum absolute atomic E-state index is 0. The van der Waals surface area contributed by atoms with Gasteiger partial charge in [-0.15, -0.1) is 12.4 Å². The number of amides is 2. The maximum absolute atomic E-state index is 12.9. The second-order valence-corrected chi connectivity index (χ2v) is 8.27. The van der Waals surface area contributed by atoms with Crippen molar-refractivity contribution in [2.45, 2.75) is 0 Å². The van der Waals surface area contributed by atoms with E-state index in [1.54, 1.807) is 24.3 Å². The average Bonchev–Trinajstić information content (AvgIpc) is 2.97. The summed E-state index contributed by atoms with van der Waals surface area (Å²) in [5, 5.41) is 0.267. The van der Waals surface area contributed by atoms with Crippen LogP contribution in [0.2, 0.25) is 5.02 Å². The minimum Gasteiger partial charge on any atom is -0.368 e. The Morgan fingerprint density at radius 1 is 0.966 bits per heavy atom. The number of piperazine rings is 1. The first-order chi connectivity index (χ1) is 13.5. The van der Waals surface area contributed by atoms with Crippen molar-refractivity contribution in [1.29, 1.82) is 0 Å². The maximum atomic E-state index is 12.9. The van der Waals surface area contributed by atoms with Gasteiger partial charge >= 0.3 is 0 Å². The van der Waals surface area contributed by atoms with Crippen LogP contribution in [0.5, 0.6) is 0 Å². The Balaban J connectivity index is 0.00000240. The SMILES string of the molecule is CN1CCN(c2ccccc2C=C2SC(=O)N(c3ccc(Cl)cc3)C2=O)CC1.Cl. The smallest absolute Gasteiger partial charge is 0.298 e. The molecular weight excluding hydrogens is 429 g/mol. The molecule has 0 saturated carbocycles. The van der Waals surface area contributed by atoms with E-state index in [1.807, 2.05) is 24.3 Å². The minimum atomic E-state index is -0.300. The molecule has 0 radical (unpaired) electrons. The van der Waals surface area contributed by atoms with Crippen molar-refractivity contribution in [3.63, 3.8) is 0 Å². The summed E-state index contributed by atoms with van der Waals surface area (Å²) < 4.78 is 0. The highest BCUT2D eigenvalue weighted by atomic mass is 35.5. The summed E-state index contributed by atoms with van der Waals surface area (Å²) in [5.41, 5.74) is 2.57.